The van der Waals surface area contributed by atoms with Crippen LogP contribution in [0.5, 0.6) is 0 Å². The van der Waals surface area contributed by atoms with Crippen molar-refractivity contribution < 1.29 is 48.1 Å². The van der Waals surface area contributed by atoms with Crippen LogP contribution in [0.25, 0.3) is 12.2 Å². The summed E-state index contributed by atoms with van der Waals surface area (Å²) in [6, 6.07) is 17.4. The van der Waals surface area contributed by atoms with Gasteiger partial charge in [0.25, 0.3) is 0 Å². The molecule has 0 fully saturated rings. The third kappa shape index (κ3) is 12.0. The van der Waals surface area contributed by atoms with Gasteiger partial charge >= 0.3 is 41.9 Å². The first-order valence-electron chi connectivity index (χ1n) is 12.3. The monoisotopic (exact) mass is 588 g/mol. The zero-order chi connectivity index (χ0) is 23.2. The molecule has 0 N–H and O–H groups in total. The van der Waals surface area contributed by atoms with Crippen LogP contribution in [0.2, 0.25) is 13.1 Å². The Kier molecular flexibility index (Phi) is 19.5. The molecule has 34 heavy (non-hydrogen) atoms. The summed E-state index contributed by atoms with van der Waals surface area (Å²) < 4.78 is 0. The Labute approximate surface area is 237 Å². The van der Waals surface area contributed by atoms with Crippen LogP contribution in [0.1, 0.15) is 86.5 Å². The number of allylic oxidation sites excluding steroid dienone is 2. The van der Waals surface area contributed by atoms with Gasteiger partial charge in [-0.05, 0) is 22.3 Å². The van der Waals surface area contributed by atoms with Crippen molar-refractivity contribution in [1.82, 2.24) is 0 Å². The number of hydrogen-bond donors (Lipinski definition) is 0. The molecular formula is C30H40Cl2SiZr-2. The first kappa shape index (κ1) is 33.6. The van der Waals surface area contributed by atoms with Gasteiger partial charge in [-0.1, -0.05) is 99.5 Å². The molecule has 2 unspecified atom stereocenters. The van der Waals surface area contributed by atoms with Crippen LogP contribution in [-0.2, 0) is 23.3 Å². The van der Waals surface area contributed by atoms with E-state index in [0.29, 0.717) is 11.8 Å². The molecule has 2 atom stereocenters. The molecule has 184 valence electrons. The van der Waals surface area contributed by atoms with E-state index in [9.17, 15) is 0 Å². The Morgan fingerprint density at radius 2 is 1.06 bits per heavy atom. The van der Waals surface area contributed by atoms with E-state index in [4.69, 9.17) is 0 Å². The molecule has 0 saturated carbocycles. The zero-order valence-corrected chi connectivity index (χ0v) is 26.2. The Hall–Kier alpha value is -0.400. The van der Waals surface area contributed by atoms with Crippen LogP contribution < -0.4 is 24.8 Å². The first-order chi connectivity index (χ1) is 15.6. The fraction of sp³-hybridized carbons (Fsp3) is 0.400. The Balaban J connectivity index is 0.000000528. The van der Waals surface area contributed by atoms with E-state index in [0.717, 1.165) is 0 Å². The van der Waals surface area contributed by atoms with Gasteiger partial charge in [0.1, 0.15) is 0 Å². The maximum atomic E-state index is 2.37. The number of halogens is 2. The van der Waals surface area contributed by atoms with Crippen LogP contribution in [-0.4, -0.2) is 5.43 Å². The molecule has 0 amide bonds. The second-order valence-electron chi connectivity index (χ2n) is 8.74. The summed E-state index contributed by atoms with van der Waals surface area (Å²) in [4.78, 5) is 0. The van der Waals surface area contributed by atoms with Crippen molar-refractivity contribution in [3.63, 3.8) is 0 Å². The van der Waals surface area contributed by atoms with E-state index in [2.05, 4.69) is 113 Å². The van der Waals surface area contributed by atoms with Gasteiger partial charge in [0, 0.05) is 11.8 Å². The first-order valence-corrected chi connectivity index (χ1v) is 18.4. The predicted octanol–water partition coefficient (Wildman–Crippen LogP) is 3.18. The third-order valence-electron chi connectivity index (χ3n) is 5.75. The molecular weight excluding hydrogens is 551 g/mol. The molecule has 0 heterocycles. The molecule has 2 aliphatic carbocycles. The van der Waals surface area contributed by atoms with E-state index >= 15 is 0 Å². The Morgan fingerprint density at radius 1 is 0.706 bits per heavy atom. The summed E-state index contributed by atoms with van der Waals surface area (Å²) in [7, 11) is 0. The smallest absolute Gasteiger partial charge is 1.00 e. The van der Waals surface area contributed by atoms with Crippen molar-refractivity contribution in [1.29, 1.82) is 0 Å². The SMILES string of the molecule is CC[CH-]CCC1C=Cc2ccccc21.CC[CH-]CCC1C=Cc2ccccc21.C[Si](C)=[Zr+2].[Cl-].[Cl-]. The van der Waals surface area contributed by atoms with Crippen LogP contribution >= 0.6 is 0 Å². The summed E-state index contributed by atoms with van der Waals surface area (Å²) in [6.07, 6.45) is 21.3. The molecule has 0 radical (unpaired) electrons. The van der Waals surface area contributed by atoms with Crippen LogP contribution in [0.3, 0.4) is 0 Å². The second kappa shape index (κ2) is 19.7. The molecule has 0 nitrogen and oxygen atoms in total. The van der Waals surface area contributed by atoms with E-state index in [1.54, 1.807) is 23.3 Å². The van der Waals surface area contributed by atoms with E-state index in [-0.39, 0.29) is 30.2 Å². The van der Waals surface area contributed by atoms with Crippen LogP contribution in [0, 0.1) is 12.8 Å². The average Bonchev–Trinajstić information content (AvgIpc) is 3.39. The number of hydrogen-bond acceptors (Lipinski definition) is 0. The van der Waals surface area contributed by atoms with E-state index in [1.807, 2.05) is 0 Å². The third-order valence-corrected chi connectivity index (χ3v) is 5.75. The van der Waals surface area contributed by atoms with Crippen molar-refractivity contribution in [2.75, 3.05) is 0 Å². The fourth-order valence-corrected chi connectivity index (χ4v) is 4.15. The van der Waals surface area contributed by atoms with E-state index < -0.39 is 0 Å². The van der Waals surface area contributed by atoms with E-state index in [1.165, 1.54) is 60.8 Å². The van der Waals surface area contributed by atoms with Crippen molar-refractivity contribution in [2.45, 2.75) is 77.3 Å². The number of unbranched alkanes of at least 4 members (excludes halogenated alkanes) is 4. The second-order valence-corrected chi connectivity index (χ2v) is 18.1. The summed E-state index contributed by atoms with van der Waals surface area (Å²) in [6.45, 7) is 9.03. The minimum atomic E-state index is 0. The van der Waals surface area contributed by atoms with Gasteiger partial charge in [0.15, 0.2) is 0 Å². The molecule has 0 aliphatic heterocycles. The standard InChI is InChI=1S/2C14H17.C2H6Si.2ClH.Zr/c2*1-2-3-4-7-12-10-11-13-8-5-6-9-14(12)13;1-3-2;;;/h2*3,5-6,8-12H,2,4,7H2,1H3;1-2H3;2*1H;/q2*-1;;;;+2/p-2. The Morgan fingerprint density at radius 3 is 1.41 bits per heavy atom. The van der Waals surface area contributed by atoms with Gasteiger partial charge in [-0.2, -0.15) is 25.7 Å². The molecule has 0 spiro atoms. The number of rotatable bonds is 8. The summed E-state index contributed by atoms with van der Waals surface area (Å²) in [5.74, 6) is 1.32. The van der Waals surface area contributed by atoms with Gasteiger partial charge in [0.2, 0.25) is 0 Å². The average molecular weight is 591 g/mol. The number of benzene rings is 2. The van der Waals surface area contributed by atoms with Crippen molar-refractivity contribution in [2.24, 2.45) is 0 Å². The molecule has 0 bridgehead atoms. The van der Waals surface area contributed by atoms with Gasteiger partial charge in [-0.15, -0.1) is 0 Å². The summed E-state index contributed by atoms with van der Waals surface area (Å²) >= 11 is 1.74. The number of fused-ring (bicyclic) bond motifs is 2. The Bertz CT molecular complexity index is 819. The van der Waals surface area contributed by atoms with Gasteiger partial charge in [0.05, 0.1) is 0 Å². The molecule has 2 aromatic carbocycles. The maximum absolute atomic E-state index is 2.37. The van der Waals surface area contributed by atoms with Gasteiger partial charge < -0.3 is 37.7 Å². The molecule has 2 aromatic rings. The van der Waals surface area contributed by atoms with Crippen LogP contribution in [0.15, 0.2) is 60.7 Å². The minimum absolute atomic E-state index is 0. The van der Waals surface area contributed by atoms with Crippen molar-refractivity contribution in [3.05, 3.63) is 95.8 Å². The molecule has 4 rings (SSSR count). The summed E-state index contributed by atoms with van der Waals surface area (Å²) in [5, 5.41) is 0. The van der Waals surface area contributed by atoms with Crippen molar-refractivity contribution >= 4 is 17.6 Å². The minimum Gasteiger partial charge on any atom is -1.00 e. The zero-order valence-electron chi connectivity index (χ0n) is 21.2. The molecule has 2 aliphatic rings. The van der Waals surface area contributed by atoms with Gasteiger partial charge in [-0.3, -0.25) is 0 Å². The largest absolute Gasteiger partial charge is 1.00 e. The normalized spacial score (nSPS) is 16.1. The van der Waals surface area contributed by atoms with Crippen molar-refractivity contribution in [3.8, 4) is 0 Å². The fourth-order valence-electron chi connectivity index (χ4n) is 4.15. The molecule has 0 aromatic heterocycles. The maximum Gasteiger partial charge on any atom is -1.00 e. The topological polar surface area (TPSA) is 0 Å². The summed E-state index contributed by atoms with van der Waals surface area (Å²) in [5.41, 5.74) is 6.05. The molecule has 4 heteroatoms. The quantitative estimate of drug-likeness (QED) is 0.252. The predicted molar refractivity (Wildman–Crippen MR) is 142 cm³/mol. The van der Waals surface area contributed by atoms with Gasteiger partial charge in [-0.25, -0.2) is 0 Å². The molecule has 0 saturated heterocycles. The van der Waals surface area contributed by atoms with Crippen LogP contribution in [0.4, 0.5) is 0 Å².